The van der Waals surface area contributed by atoms with Crippen molar-refractivity contribution in [3.63, 3.8) is 0 Å². The molecule has 3 heteroatoms. The summed E-state index contributed by atoms with van der Waals surface area (Å²) < 4.78 is 2.22. The monoisotopic (exact) mass is 234 g/mol. The molecule has 0 fully saturated rings. The highest BCUT2D eigenvalue weighted by Gasteiger charge is 2.23. The van der Waals surface area contributed by atoms with E-state index in [-0.39, 0.29) is 5.41 Å². The molecule has 2 heterocycles. The Morgan fingerprint density at radius 3 is 2.81 bits per heavy atom. The molecule has 0 N–H and O–H groups in total. The molecule has 2 rings (SSSR count). The van der Waals surface area contributed by atoms with Gasteiger partial charge in [-0.15, -0.1) is 11.8 Å². The molecule has 86 valence electrons. The first-order valence-electron chi connectivity index (χ1n) is 5.60. The lowest BCUT2D eigenvalue weighted by atomic mass is 9.89. The highest BCUT2D eigenvalue weighted by atomic mass is 32.2. The minimum atomic E-state index is 0.128. The summed E-state index contributed by atoms with van der Waals surface area (Å²) in [6, 6.07) is 4.24. The maximum atomic E-state index is 4.60. The molecule has 0 amide bonds. The number of nitrogens with zero attached hydrogens (tertiary/aromatic N) is 2. The van der Waals surface area contributed by atoms with Crippen molar-refractivity contribution in [2.45, 2.75) is 37.5 Å². The quantitative estimate of drug-likeness (QED) is 0.753. The Morgan fingerprint density at radius 1 is 1.44 bits per heavy atom. The second-order valence-corrected chi connectivity index (χ2v) is 5.50. The zero-order chi connectivity index (χ0) is 11.8. The Hall–Kier alpha value is -0.960. The van der Waals surface area contributed by atoms with Gasteiger partial charge in [0.15, 0.2) is 0 Å². The molecule has 2 aromatic heterocycles. The van der Waals surface area contributed by atoms with E-state index in [9.17, 15) is 0 Å². The van der Waals surface area contributed by atoms with Crippen LogP contribution in [0.2, 0.25) is 0 Å². The molecule has 0 radical (unpaired) electrons. The molecular weight excluding hydrogens is 216 g/mol. The minimum Gasteiger partial charge on any atom is -0.302 e. The van der Waals surface area contributed by atoms with Crippen LogP contribution in [0.3, 0.4) is 0 Å². The zero-order valence-electron chi connectivity index (χ0n) is 10.3. The van der Waals surface area contributed by atoms with Crippen molar-refractivity contribution in [3.8, 4) is 0 Å². The van der Waals surface area contributed by atoms with Crippen LogP contribution in [0.5, 0.6) is 0 Å². The Bertz CT molecular complexity index is 500. The van der Waals surface area contributed by atoms with Gasteiger partial charge < -0.3 is 4.40 Å². The summed E-state index contributed by atoms with van der Waals surface area (Å²) in [5.74, 6) is 1.15. The number of imidazole rings is 1. The molecule has 0 aliphatic rings. The van der Waals surface area contributed by atoms with Gasteiger partial charge in [-0.3, -0.25) is 0 Å². The molecule has 0 bridgehead atoms. The van der Waals surface area contributed by atoms with E-state index in [4.69, 9.17) is 0 Å². The van der Waals surface area contributed by atoms with Gasteiger partial charge >= 0.3 is 0 Å². The van der Waals surface area contributed by atoms with Crippen molar-refractivity contribution in [2.24, 2.45) is 0 Å². The molecule has 0 aliphatic heterocycles. The average molecular weight is 234 g/mol. The summed E-state index contributed by atoms with van der Waals surface area (Å²) in [6.07, 6.45) is 7.29. The number of aromatic nitrogens is 2. The van der Waals surface area contributed by atoms with Crippen LogP contribution < -0.4 is 0 Å². The van der Waals surface area contributed by atoms with E-state index in [1.165, 1.54) is 10.4 Å². The number of rotatable bonds is 3. The fourth-order valence-corrected chi connectivity index (χ4v) is 2.40. The van der Waals surface area contributed by atoms with Crippen LogP contribution in [-0.2, 0) is 5.41 Å². The number of thioether (sulfide) groups is 1. The second-order valence-electron chi connectivity index (χ2n) is 4.65. The normalized spacial score (nSPS) is 12.2. The Kier molecular flexibility index (Phi) is 2.98. The topological polar surface area (TPSA) is 17.3 Å². The van der Waals surface area contributed by atoms with Crippen molar-refractivity contribution >= 4 is 17.3 Å². The predicted octanol–water partition coefficient (Wildman–Crippen LogP) is 3.74. The van der Waals surface area contributed by atoms with Crippen LogP contribution in [-0.4, -0.2) is 15.6 Å². The van der Waals surface area contributed by atoms with E-state index in [2.05, 4.69) is 54.7 Å². The number of hydrogen-bond donors (Lipinski definition) is 0. The third kappa shape index (κ3) is 1.73. The molecule has 2 nitrogen and oxygen atoms in total. The average Bonchev–Trinajstić information content (AvgIpc) is 2.73. The summed E-state index contributed by atoms with van der Waals surface area (Å²) in [6.45, 7) is 6.70. The van der Waals surface area contributed by atoms with Crippen LogP contribution in [0.15, 0.2) is 29.4 Å². The van der Waals surface area contributed by atoms with Crippen LogP contribution >= 0.6 is 11.8 Å². The van der Waals surface area contributed by atoms with Crippen LogP contribution in [0, 0.1) is 0 Å². The molecule has 2 aromatic rings. The predicted molar refractivity (Wildman–Crippen MR) is 70.3 cm³/mol. The number of pyridine rings is 1. The third-order valence-corrected chi connectivity index (χ3v) is 4.03. The van der Waals surface area contributed by atoms with Crippen molar-refractivity contribution < 1.29 is 0 Å². The molecule has 0 saturated carbocycles. The molecule has 0 aromatic carbocycles. The van der Waals surface area contributed by atoms with Crippen LogP contribution in [0.4, 0.5) is 0 Å². The molecular formula is C13H18N2S. The van der Waals surface area contributed by atoms with Gasteiger partial charge in [-0.05, 0) is 24.8 Å². The summed E-state index contributed by atoms with van der Waals surface area (Å²) in [7, 11) is 0. The summed E-state index contributed by atoms with van der Waals surface area (Å²) in [4.78, 5) is 5.88. The van der Waals surface area contributed by atoms with Gasteiger partial charge in [0.05, 0.1) is 11.7 Å². The van der Waals surface area contributed by atoms with E-state index >= 15 is 0 Å². The molecule has 0 unspecified atom stereocenters. The summed E-state index contributed by atoms with van der Waals surface area (Å²) in [5, 5.41) is 0. The largest absolute Gasteiger partial charge is 0.302 e. The molecule has 0 saturated heterocycles. The van der Waals surface area contributed by atoms with Gasteiger partial charge in [0.1, 0.15) is 5.82 Å². The first kappa shape index (κ1) is 11.5. The van der Waals surface area contributed by atoms with Crippen LogP contribution in [0.25, 0.3) is 5.52 Å². The second kappa shape index (κ2) is 4.13. The lowest BCUT2D eigenvalue weighted by Crippen LogP contribution is -2.19. The van der Waals surface area contributed by atoms with Crippen molar-refractivity contribution in [1.29, 1.82) is 0 Å². The van der Waals surface area contributed by atoms with E-state index in [0.29, 0.717) is 0 Å². The highest BCUT2D eigenvalue weighted by Crippen LogP contribution is 2.29. The van der Waals surface area contributed by atoms with Gasteiger partial charge in [-0.1, -0.05) is 20.8 Å². The Morgan fingerprint density at radius 2 is 2.19 bits per heavy atom. The number of hydrogen-bond acceptors (Lipinski definition) is 2. The fourth-order valence-electron chi connectivity index (χ4n) is 1.83. The molecule has 16 heavy (non-hydrogen) atoms. The first-order valence-corrected chi connectivity index (χ1v) is 6.83. The highest BCUT2D eigenvalue weighted by molar-refractivity contribution is 7.98. The Balaban J connectivity index is 2.66. The third-order valence-electron chi connectivity index (χ3n) is 3.24. The van der Waals surface area contributed by atoms with Crippen molar-refractivity contribution in [3.05, 3.63) is 30.4 Å². The van der Waals surface area contributed by atoms with E-state index in [1.807, 2.05) is 6.20 Å². The van der Waals surface area contributed by atoms with Crippen molar-refractivity contribution in [1.82, 2.24) is 9.38 Å². The molecule has 0 spiro atoms. The fraction of sp³-hybridized carbons (Fsp3) is 0.462. The number of fused-ring (bicyclic) bond motifs is 1. The van der Waals surface area contributed by atoms with Crippen LogP contribution in [0.1, 0.15) is 33.0 Å². The SMILES string of the molecule is CCC(C)(C)c1ncc2c(SC)cccn12. The lowest BCUT2D eigenvalue weighted by Gasteiger charge is -2.21. The van der Waals surface area contributed by atoms with Gasteiger partial charge in [-0.25, -0.2) is 4.98 Å². The summed E-state index contributed by atoms with van der Waals surface area (Å²) >= 11 is 1.77. The van der Waals surface area contributed by atoms with Crippen molar-refractivity contribution in [2.75, 3.05) is 6.26 Å². The summed E-state index contributed by atoms with van der Waals surface area (Å²) in [5.41, 5.74) is 1.34. The first-order chi connectivity index (χ1) is 7.60. The van der Waals surface area contributed by atoms with E-state index in [1.54, 1.807) is 11.8 Å². The van der Waals surface area contributed by atoms with Gasteiger partial charge in [0.25, 0.3) is 0 Å². The maximum Gasteiger partial charge on any atom is 0.118 e. The van der Waals surface area contributed by atoms with Gasteiger partial charge in [0, 0.05) is 16.5 Å². The van der Waals surface area contributed by atoms with Gasteiger partial charge in [0.2, 0.25) is 0 Å². The van der Waals surface area contributed by atoms with E-state index in [0.717, 1.165) is 12.2 Å². The maximum absolute atomic E-state index is 4.60. The van der Waals surface area contributed by atoms with E-state index < -0.39 is 0 Å². The lowest BCUT2D eigenvalue weighted by molar-refractivity contribution is 0.470. The minimum absolute atomic E-state index is 0.128. The smallest absolute Gasteiger partial charge is 0.118 e. The molecule has 0 aliphatic carbocycles. The zero-order valence-corrected chi connectivity index (χ0v) is 11.1. The molecule has 0 atom stereocenters. The standard InChI is InChI=1S/C13H18N2S/c1-5-13(2,3)12-14-9-10-11(16-4)7-6-8-15(10)12/h6-9H,5H2,1-4H3. The van der Waals surface area contributed by atoms with Gasteiger partial charge in [-0.2, -0.15) is 0 Å². The Labute approximate surface area is 101 Å².